The number of carbonyl (C=O) groups is 1. The van der Waals surface area contributed by atoms with Gasteiger partial charge in [0.05, 0.1) is 5.69 Å². The van der Waals surface area contributed by atoms with Crippen LogP contribution in [0.25, 0.3) is 17.0 Å². The average Bonchev–Trinajstić information content (AvgIpc) is 3.49. The molecule has 2 aromatic heterocycles. The predicted octanol–water partition coefficient (Wildman–Crippen LogP) is 8.61. The van der Waals surface area contributed by atoms with Gasteiger partial charge in [0.2, 0.25) is 0 Å². The molecular weight excluding hydrogens is 526 g/mol. The summed E-state index contributed by atoms with van der Waals surface area (Å²) in [6, 6.07) is 7.68. The van der Waals surface area contributed by atoms with Crippen LogP contribution in [0.3, 0.4) is 0 Å². The molecule has 0 aliphatic heterocycles. The van der Waals surface area contributed by atoms with Crippen molar-refractivity contribution in [2.75, 3.05) is 18.8 Å². The number of anilines is 1. The van der Waals surface area contributed by atoms with Crippen molar-refractivity contribution in [3.63, 3.8) is 0 Å². The Kier molecular flexibility index (Phi) is 14.7. The highest BCUT2D eigenvalue weighted by Crippen LogP contribution is 2.24. The van der Waals surface area contributed by atoms with Gasteiger partial charge in [-0.15, -0.1) is 5.10 Å². The summed E-state index contributed by atoms with van der Waals surface area (Å²) in [6.45, 7) is 4.32. The van der Waals surface area contributed by atoms with E-state index in [1.807, 2.05) is 31.2 Å². The van der Waals surface area contributed by atoms with E-state index in [-0.39, 0.29) is 19.5 Å². The molecule has 40 heavy (non-hydrogen) atoms. The normalized spacial score (nSPS) is 11.6. The lowest BCUT2D eigenvalue weighted by Crippen LogP contribution is -2.12. The van der Waals surface area contributed by atoms with E-state index < -0.39 is 0 Å². The second-order valence-corrected chi connectivity index (χ2v) is 10.7. The van der Waals surface area contributed by atoms with E-state index in [0.717, 1.165) is 36.2 Å². The molecule has 3 rings (SSSR count). The van der Waals surface area contributed by atoms with Crippen LogP contribution in [0.15, 0.2) is 36.4 Å². The summed E-state index contributed by atoms with van der Waals surface area (Å²) in [5.74, 6) is 0.384. The maximum absolute atomic E-state index is 11.9. The molecule has 2 heterocycles. The summed E-state index contributed by atoms with van der Waals surface area (Å²) in [5, 5.41) is 11.2. The minimum absolute atomic E-state index is 0.0557. The molecule has 3 aromatic rings. The van der Waals surface area contributed by atoms with Gasteiger partial charge in [0.15, 0.2) is 18.3 Å². The first-order valence-electron chi connectivity index (χ1n) is 14.9. The van der Waals surface area contributed by atoms with Crippen LogP contribution in [-0.4, -0.2) is 39.3 Å². The second-order valence-electron chi connectivity index (χ2n) is 10.3. The van der Waals surface area contributed by atoms with Gasteiger partial charge in [0.1, 0.15) is 11.8 Å². The quantitative estimate of drug-likeness (QED) is 0.0575. The smallest absolute Gasteiger partial charge is 0.307 e. The first kappa shape index (κ1) is 31.7. The molecule has 8 nitrogen and oxygen atoms in total. The molecule has 220 valence electrons. The number of hydrogen-bond acceptors (Lipinski definition) is 6. The van der Waals surface area contributed by atoms with Gasteiger partial charge in [0.25, 0.3) is 0 Å². The maximum atomic E-state index is 11.9. The van der Waals surface area contributed by atoms with Gasteiger partial charge in [-0.25, -0.2) is 4.98 Å². The number of allylic oxidation sites excluding steroid dienone is 2. The number of carbonyl (C=O) groups excluding carboxylic acids is 1. The summed E-state index contributed by atoms with van der Waals surface area (Å²) in [5.41, 5.74) is 3.19. The Morgan fingerprint density at radius 3 is 2.30 bits per heavy atom. The highest BCUT2D eigenvalue weighted by Gasteiger charge is 2.13. The first-order chi connectivity index (χ1) is 19.6. The zero-order valence-corrected chi connectivity index (χ0v) is 25.0. The van der Waals surface area contributed by atoms with E-state index in [2.05, 4.69) is 39.6 Å². The monoisotopic (exact) mass is 571 g/mol. The van der Waals surface area contributed by atoms with Crippen molar-refractivity contribution < 1.29 is 14.3 Å². The van der Waals surface area contributed by atoms with Crippen molar-refractivity contribution in [3.05, 3.63) is 47.1 Å². The van der Waals surface area contributed by atoms with E-state index in [0.29, 0.717) is 22.9 Å². The number of hydrogen-bond donors (Lipinski definition) is 2. The Labute approximate surface area is 243 Å². The topological polar surface area (TPSA) is 93.5 Å². The molecular formula is C31H46ClN5O3. The number of fused-ring (bicyclic) bond motifs is 1. The molecule has 2 N–H and O–H groups in total. The molecule has 0 radical (unpaired) electrons. The molecule has 0 amide bonds. The van der Waals surface area contributed by atoms with Crippen LogP contribution in [0.5, 0.6) is 0 Å². The number of unbranched alkanes of at least 4 members (excludes halogenated alkanes) is 11. The number of nitrogens with one attached hydrogen (secondary N) is 2. The van der Waals surface area contributed by atoms with Crippen LogP contribution in [0.4, 0.5) is 5.69 Å². The lowest BCUT2D eigenvalue weighted by molar-refractivity contribution is -0.155. The average molecular weight is 572 g/mol. The fourth-order valence-corrected chi connectivity index (χ4v) is 4.63. The molecule has 0 bridgehead atoms. The highest BCUT2D eigenvalue weighted by molar-refractivity contribution is 6.34. The Bertz CT molecular complexity index is 1160. The van der Waals surface area contributed by atoms with Gasteiger partial charge in [-0.2, -0.15) is 4.63 Å². The molecule has 0 unspecified atom stereocenters. The Morgan fingerprint density at radius 1 is 0.975 bits per heavy atom. The fourth-order valence-electron chi connectivity index (χ4n) is 4.46. The third-order valence-electron chi connectivity index (χ3n) is 6.87. The molecule has 0 aliphatic carbocycles. The Hall–Kier alpha value is -2.84. The predicted molar refractivity (Wildman–Crippen MR) is 163 cm³/mol. The largest absolute Gasteiger partial charge is 0.438 e. The van der Waals surface area contributed by atoms with Gasteiger partial charge < -0.3 is 14.8 Å². The zero-order chi connectivity index (χ0) is 28.4. The van der Waals surface area contributed by atoms with Crippen LogP contribution in [0, 0.1) is 6.92 Å². The van der Waals surface area contributed by atoms with Crippen LogP contribution in [0.2, 0.25) is 5.02 Å². The molecule has 0 spiro atoms. The molecule has 0 saturated carbocycles. The lowest BCUT2D eigenvalue weighted by atomic mass is 10.1. The number of H-pyrrole nitrogens is 1. The maximum Gasteiger partial charge on any atom is 0.307 e. The summed E-state index contributed by atoms with van der Waals surface area (Å²) >= 11 is 6.24. The third kappa shape index (κ3) is 11.3. The van der Waals surface area contributed by atoms with Crippen LogP contribution in [-0.2, 0) is 14.3 Å². The molecule has 0 saturated heterocycles. The third-order valence-corrected chi connectivity index (χ3v) is 7.33. The summed E-state index contributed by atoms with van der Waals surface area (Å²) in [4.78, 5) is 16.4. The Morgan fingerprint density at radius 2 is 1.62 bits per heavy atom. The minimum atomic E-state index is -0.207. The van der Waals surface area contributed by atoms with Crippen molar-refractivity contribution in [1.82, 2.24) is 19.8 Å². The van der Waals surface area contributed by atoms with E-state index in [1.54, 1.807) is 4.63 Å². The summed E-state index contributed by atoms with van der Waals surface area (Å²) in [6.07, 6.45) is 21.2. The van der Waals surface area contributed by atoms with Crippen molar-refractivity contribution in [2.24, 2.45) is 0 Å². The van der Waals surface area contributed by atoms with Crippen molar-refractivity contribution in [3.8, 4) is 11.4 Å². The van der Waals surface area contributed by atoms with Gasteiger partial charge in [-0.05, 0) is 63.3 Å². The molecule has 9 heteroatoms. The number of nitrogens with zero attached hydrogens (tertiary/aromatic N) is 3. The Balaban J connectivity index is 1.14. The first-order valence-corrected chi connectivity index (χ1v) is 15.3. The van der Waals surface area contributed by atoms with Gasteiger partial charge in [0, 0.05) is 17.7 Å². The SMILES string of the molecule is CCCCCCCC/C=C/CCCCCCCC(=O)OCOCNc1ccc(-c2nc3c(Cl)c(C)[nH]n3n2)cc1. The van der Waals surface area contributed by atoms with Crippen molar-refractivity contribution >= 4 is 28.9 Å². The van der Waals surface area contributed by atoms with Crippen molar-refractivity contribution in [1.29, 1.82) is 0 Å². The zero-order valence-electron chi connectivity index (χ0n) is 24.2. The number of benzene rings is 1. The molecule has 0 atom stereocenters. The van der Waals surface area contributed by atoms with E-state index in [4.69, 9.17) is 21.1 Å². The van der Waals surface area contributed by atoms with Gasteiger partial charge >= 0.3 is 5.97 Å². The molecule has 0 aliphatic rings. The number of aromatic amines is 1. The lowest BCUT2D eigenvalue weighted by Gasteiger charge is -2.09. The van der Waals surface area contributed by atoms with E-state index in [1.165, 1.54) is 64.2 Å². The summed E-state index contributed by atoms with van der Waals surface area (Å²) in [7, 11) is 0. The standard InChI is InChI=1S/C31H46ClN5O3/c1-3-4-5-6-7-8-9-10-11-12-13-14-15-16-17-18-28(38)40-24-39-23-33-27-21-19-26(20-22-27)30-34-31-29(32)25(2)35-37(31)36-30/h10-11,19-22,33,35H,3-9,12-18,23-24H2,1-2H3/b11-10+. The van der Waals surface area contributed by atoms with E-state index in [9.17, 15) is 4.79 Å². The van der Waals surface area contributed by atoms with Crippen LogP contribution >= 0.6 is 11.6 Å². The number of aryl methyl sites for hydroxylation is 1. The highest BCUT2D eigenvalue weighted by atomic mass is 35.5. The molecule has 0 fully saturated rings. The minimum Gasteiger partial charge on any atom is -0.438 e. The molecule has 1 aromatic carbocycles. The van der Waals surface area contributed by atoms with Gasteiger partial charge in [-0.1, -0.05) is 82.0 Å². The fraction of sp³-hybridized carbons (Fsp3) is 0.581. The number of aromatic nitrogens is 4. The number of ether oxygens (including phenoxy) is 2. The van der Waals surface area contributed by atoms with Gasteiger partial charge in [-0.3, -0.25) is 9.89 Å². The van der Waals surface area contributed by atoms with E-state index >= 15 is 0 Å². The number of halogens is 1. The number of esters is 1. The number of rotatable bonds is 21. The summed E-state index contributed by atoms with van der Waals surface area (Å²) < 4.78 is 12.1. The van der Waals surface area contributed by atoms with Crippen LogP contribution in [0.1, 0.15) is 103 Å². The van der Waals surface area contributed by atoms with Crippen LogP contribution < -0.4 is 5.32 Å². The van der Waals surface area contributed by atoms with Crippen molar-refractivity contribution in [2.45, 2.75) is 104 Å². The second kappa shape index (κ2) is 18.5.